The fourth-order valence-electron chi connectivity index (χ4n) is 3.46. The molecule has 0 aliphatic carbocycles. The summed E-state index contributed by atoms with van der Waals surface area (Å²) < 4.78 is 4.34. The van der Waals surface area contributed by atoms with Crippen molar-refractivity contribution in [1.29, 1.82) is 0 Å². The molecule has 4 rings (SSSR count). The highest BCUT2D eigenvalue weighted by Gasteiger charge is 2.29. The molecule has 0 aromatic carbocycles. The molecule has 5 nitrogen and oxygen atoms in total. The van der Waals surface area contributed by atoms with Gasteiger partial charge in [0, 0.05) is 37.6 Å². The van der Waals surface area contributed by atoms with Gasteiger partial charge in [0.05, 0.1) is 11.7 Å². The van der Waals surface area contributed by atoms with Crippen LogP contribution in [-0.2, 0) is 7.05 Å². The zero-order valence-corrected chi connectivity index (χ0v) is 11.9. The zero-order chi connectivity index (χ0) is 13.7. The van der Waals surface area contributed by atoms with Crippen molar-refractivity contribution in [2.24, 2.45) is 13.0 Å². The molecule has 0 amide bonds. The van der Waals surface area contributed by atoms with Gasteiger partial charge in [0.1, 0.15) is 0 Å². The van der Waals surface area contributed by atoms with Gasteiger partial charge in [-0.3, -0.25) is 4.40 Å². The topological polar surface area (TPSA) is 47.2 Å². The van der Waals surface area contributed by atoms with Crippen LogP contribution in [0.3, 0.4) is 0 Å². The Bertz CT molecular complexity index is 769. The molecule has 0 radical (unpaired) electrons. The lowest BCUT2D eigenvalue weighted by Gasteiger charge is -2.16. The van der Waals surface area contributed by atoms with Gasteiger partial charge in [-0.1, -0.05) is 13.3 Å². The van der Waals surface area contributed by atoms with Crippen LogP contribution in [0.4, 0.5) is 0 Å². The molecule has 2 atom stereocenters. The van der Waals surface area contributed by atoms with Crippen LogP contribution in [0.2, 0.25) is 0 Å². The molecule has 0 spiro atoms. The molecule has 4 heterocycles. The summed E-state index contributed by atoms with van der Waals surface area (Å²) in [6, 6.07) is 2.13. The van der Waals surface area contributed by atoms with E-state index in [4.69, 9.17) is 0 Å². The van der Waals surface area contributed by atoms with Crippen molar-refractivity contribution in [3.8, 4) is 0 Å². The van der Waals surface area contributed by atoms with Crippen molar-refractivity contribution in [2.75, 3.05) is 13.1 Å². The van der Waals surface area contributed by atoms with Crippen molar-refractivity contribution in [3.05, 3.63) is 30.4 Å². The Kier molecular flexibility index (Phi) is 2.57. The highest BCUT2D eigenvalue weighted by molar-refractivity contribution is 5.75. The minimum atomic E-state index is 0.542. The molecule has 1 unspecified atom stereocenters. The van der Waals surface area contributed by atoms with Crippen LogP contribution in [0, 0.1) is 5.92 Å². The number of hydrogen-bond donors (Lipinski definition) is 1. The van der Waals surface area contributed by atoms with Crippen molar-refractivity contribution < 1.29 is 0 Å². The maximum Gasteiger partial charge on any atom is 0.156 e. The Hall–Kier alpha value is -1.88. The Morgan fingerprint density at radius 1 is 1.30 bits per heavy atom. The first-order valence-corrected chi connectivity index (χ1v) is 7.27. The van der Waals surface area contributed by atoms with Crippen LogP contribution in [0.5, 0.6) is 0 Å². The quantitative estimate of drug-likeness (QED) is 0.773. The third-order valence-electron chi connectivity index (χ3n) is 4.62. The molecule has 1 N–H and O–H groups in total. The van der Waals surface area contributed by atoms with Gasteiger partial charge in [0.25, 0.3) is 0 Å². The van der Waals surface area contributed by atoms with Gasteiger partial charge in [-0.05, 0) is 18.5 Å². The van der Waals surface area contributed by atoms with E-state index in [1.807, 2.05) is 19.4 Å². The monoisotopic (exact) mass is 269 g/mol. The van der Waals surface area contributed by atoms with E-state index in [0.29, 0.717) is 11.8 Å². The number of aromatic nitrogens is 4. The lowest BCUT2D eigenvalue weighted by Crippen LogP contribution is -2.12. The largest absolute Gasteiger partial charge is 0.334 e. The molecule has 0 saturated carbocycles. The summed E-state index contributed by atoms with van der Waals surface area (Å²) in [5.74, 6) is 1.24. The summed E-state index contributed by atoms with van der Waals surface area (Å²) in [5.41, 5.74) is 4.42. The molecule has 1 fully saturated rings. The Labute approximate surface area is 117 Å². The van der Waals surface area contributed by atoms with E-state index >= 15 is 0 Å². The number of hydrogen-bond acceptors (Lipinski definition) is 3. The molecule has 5 heteroatoms. The van der Waals surface area contributed by atoms with Gasteiger partial charge < -0.3 is 9.88 Å². The van der Waals surface area contributed by atoms with E-state index in [2.05, 4.69) is 43.4 Å². The van der Waals surface area contributed by atoms with Crippen molar-refractivity contribution in [2.45, 2.75) is 19.3 Å². The molecule has 3 aromatic heterocycles. The second-order valence-corrected chi connectivity index (χ2v) is 5.70. The fraction of sp³-hybridized carbons (Fsp3) is 0.467. The van der Waals surface area contributed by atoms with Gasteiger partial charge in [-0.15, -0.1) is 0 Å². The molecule has 104 valence electrons. The lowest BCUT2D eigenvalue weighted by atomic mass is 9.91. The van der Waals surface area contributed by atoms with Crippen LogP contribution in [0.1, 0.15) is 25.0 Å². The third-order valence-corrected chi connectivity index (χ3v) is 4.62. The van der Waals surface area contributed by atoms with Gasteiger partial charge in [-0.2, -0.15) is 0 Å². The smallest absolute Gasteiger partial charge is 0.156 e. The number of fused-ring (bicyclic) bond motifs is 3. The summed E-state index contributed by atoms with van der Waals surface area (Å²) >= 11 is 0. The number of nitrogens with one attached hydrogen (secondary N) is 1. The van der Waals surface area contributed by atoms with E-state index < -0.39 is 0 Å². The van der Waals surface area contributed by atoms with Crippen molar-refractivity contribution in [3.63, 3.8) is 0 Å². The Morgan fingerprint density at radius 3 is 3.05 bits per heavy atom. The van der Waals surface area contributed by atoms with E-state index in [-0.39, 0.29) is 0 Å². The van der Waals surface area contributed by atoms with E-state index in [1.165, 1.54) is 12.1 Å². The van der Waals surface area contributed by atoms with Crippen LogP contribution >= 0.6 is 0 Å². The number of rotatable bonds is 2. The van der Waals surface area contributed by atoms with Gasteiger partial charge in [0.2, 0.25) is 0 Å². The summed E-state index contributed by atoms with van der Waals surface area (Å²) in [6.45, 7) is 4.42. The van der Waals surface area contributed by atoms with E-state index in [0.717, 1.165) is 29.9 Å². The predicted molar refractivity (Wildman–Crippen MR) is 78.9 cm³/mol. The predicted octanol–water partition coefficient (Wildman–Crippen LogP) is 1.93. The summed E-state index contributed by atoms with van der Waals surface area (Å²) in [6.07, 6.45) is 7.16. The lowest BCUT2D eigenvalue weighted by molar-refractivity contribution is 0.493. The first-order chi connectivity index (χ1) is 9.79. The molecular formula is C15H19N5. The molecule has 1 aliphatic rings. The van der Waals surface area contributed by atoms with Gasteiger partial charge in [0.15, 0.2) is 11.3 Å². The zero-order valence-electron chi connectivity index (χ0n) is 11.9. The molecule has 3 aromatic rings. The normalized spacial score (nSPS) is 23.1. The first kappa shape index (κ1) is 11.9. The Morgan fingerprint density at radius 2 is 2.20 bits per heavy atom. The molecule has 1 aliphatic heterocycles. The fourth-order valence-corrected chi connectivity index (χ4v) is 3.46. The summed E-state index contributed by atoms with van der Waals surface area (Å²) in [4.78, 5) is 9.07. The molecule has 20 heavy (non-hydrogen) atoms. The summed E-state index contributed by atoms with van der Waals surface area (Å²) in [5, 5.41) is 3.52. The third kappa shape index (κ3) is 1.53. The molecule has 0 bridgehead atoms. The highest BCUT2D eigenvalue weighted by atomic mass is 15.1. The first-order valence-electron chi connectivity index (χ1n) is 7.27. The van der Waals surface area contributed by atoms with Crippen LogP contribution in [-0.4, -0.2) is 32.0 Å². The standard InChI is InChI=1S/C15H19N5/c1-3-10-6-16-7-11(10)13-8-17-14-9-18-15-12(20(13)14)4-5-19(15)2/h4-5,8-11,16H,3,6-7H2,1-2H3/t10?,11-/m0/s1. The van der Waals surface area contributed by atoms with Crippen LogP contribution < -0.4 is 5.32 Å². The van der Waals surface area contributed by atoms with Gasteiger partial charge >= 0.3 is 0 Å². The van der Waals surface area contributed by atoms with Crippen LogP contribution in [0.15, 0.2) is 24.7 Å². The molecular weight excluding hydrogens is 250 g/mol. The van der Waals surface area contributed by atoms with Crippen molar-refractivity contribution in [1.82, 2.24) is 24.3 Å². The Balaban J connectivity index is 1.97. The minimum Gasteiger partial charge on any atom is -0.334 e. The minimum absolute atomic E-state index is 0.542. The summed E-state index contributed by atoms with van der Waals surface area (Å²) in [7, 11) is 2.03. The average Bonchev–Trinajstić information content (AvgIpc) is 3.15. The number of imidazole rings is 1. The highest BCUT2D eigenvalue weighted by Crippen LogP contribution is 2.32. The van der Waals surface area contributed by atoms with Crippen LogP contribution in [0.25, 0.3) is 16.8 Å². The SMILES string of the molecule is CCC1CNC[C@@H]1c1cnc2cnc3c(ccn3C)n12. The molecule has 1 saturated heterocycles. The second-order valence-electron chi connectivity index (χ2n) is 5.70. The van der Waals surface area contributed by atoms with E-state index in [9.17, 15) is 0 Å². The average molecular weight is 269 g/mol. The van der Waals surface area contributed by atoms with Crippen molar-refractivity contribution >= 4 is 16.8 Å². The maximum atomic E-state index is 4.55. The maximum absolute atomic E-state index is 4.55. The number of aryl methyl sites for hydroxylation is 1. The van der Waals surface area contributed by atoms with Gasteiger partial charge in [-0.25, -0.2) is 9.97 Å². The van der Waals surface area contributed by atoms with E-state index in [1.54, 1.807) is 0 Å². The number of nitrogens with zero attached hydrogens (tertiary/aromatic N) is 4. The second kappa shape index (κ2) is 4.31.